The van der Waals surface area contributed by atoms with Gasteiger partial charge in [0.05, 0.1) is 6.21 Å². The Labute approximate surface area is 153 Å². The fraction of sp³-hybridized carbons (Fsp3) is 0. The molecule has 0 radical (unpaired) electrons. The Kier molecular flexibility index (Phi) is 5.48. The minimum absolute atomic E-state index is 0.134. The van der Waals surface area contributed by atoms with Gasteiger partial charge in [0.2, 0.25) is 0 Å². The minimum Gasteiger partial charge on any atom is -0.507 e. The summed E-state index contributed by atoms with van der Waals surface area (Å²) in [5, 5.41) is 14.0. The lowest BCUT2D eigenvalue weighted by Gasteiger charge is -2.05. The van der Waals surface area contributed by atoms with Crippen molar-refractivity contribution in [3.8, 4) is 5.75 Å². The molecular formula is C18H14BrN5O. The van der Waals surface area contributed by atoms with Crippen molar-refractivity contribution in [2.24, 2.45) is 10.1 Å². The van der Waals surface area contributed by atoms with Crippen LogP contribution in [0.3, 0.4) is 0 Å². The van der Waals surface area contributed by atoms with E-state index in [1.54, 1.807) is 36.7 Å². The van der Waals surface area contributed by atoms with Gasteiger partial charge < -0.3 is 5.11 Å². The van der Waals surface area contributed by atoms with E-state index in [1.807, 2.05) is 30.3 Å². The van der Waals surface area contributed by atoms with Crippen molar-refractivity contribution in [3.05, 3.63) is 82.7 Å². The Morgan fingerprint density at radius 3 is 2.56 bits per heavy atom. The first kappa shape index (κ1) is 16.8. The zero-order valence-electron chi connectivity index (χ0n) is 13.0. The summed E-state index contributed by atoms with van der Waals surface area (Å²) < 4.78 is 0.846. The van der Waals surface area contributed by atoms with Gasteiger partial charge in [0, 0.05) is 22.4 Å². The lowest BCUT2D eigenvalue weighted by Crippen LogP contribution is -2.20. The molecule has 1 aromatic carbocycles. The normalized spacial score (nSPS) is 11.6. The number of aromatic hydroxyl groups is 1. The standard InChI is InChI=1S/C18H14BrN5O/c19-14-7-8-16(25)13(11-14)12-22-24-18(15-5-1-3-9-20-15)23-17-6-2-4-10-21-17/h1-12,25H,(H,21,23,24)/b22-12+. The maximum Gasteiger partial charge on any atom is 0.174 e. The molecule has 7 heteroatoms. The van der Waals surface area contributed by atoms with Crippen LogP contribution in [0.1, 0.15) is 11.3 Å². The van der Waals surface area contributed by atoms with E-state index < -0.39 is 0 Å². The first-order valence-corrected chi connectivity index (χ1v) is 8.20. The first-order valence-electron chi connectivity index (χ1n) is 7.41. The van der Waals surface area contributed by atoms with Crippen LogP contribution in [0.5, 0.6) is 5.75 Å². The third-order valence-electron chi connectivity index (χ3n) is 3.15. The molecule has 0 amide bonds. The summed E-state index contributed by atoms with van der Waals surface area (Å²) in [5.74, 6) is 1.12. The number of amidine groups is 1. The monoisotopic (exact) mass is 395 g/mol. The summed E-state index contributed by atoms with van der Waals surface area (Å²) in [6, 6.07) is 16.1. The number of hydrazone groups is 1. The number of phenols is 1. The van der Waals surface area contributed by atoms with Crippen LogP contribution in [0.15, 0.2) is 81.6 Å². The number of phenolic OH excluding ortho intramolecular Hbond substituents is 1. The molecule has 0 saturated heterocycles. The van der Waals surface area contributed by atoms with Gasteiger partial charge in [-0.3, -0.25) is 10.4 Å². The second kappa shape index (κ2) is 8.16. The molecular weight excluding hydrogens is 382 g/mol. The average Bonchev–Trinajstić information content (AvgIpc) is 2.65. The van der Waals surface area contributed by atoms with Gasteiger partial charge in [-0.1, -0.05) is 28.1 Å². The summed E-state index contributed by atoms with van der Waals surface area (Å²) in [5.41, 5.74) is 4.07. The lowest BCUT2D eigenvalue weighted by atomic mass is 10.2. The highest BCUT2D eigenvalue weighted by Crippen LogP contribution is 2.20. The predicted octanol–water partition coefficient (Wildman–Crippen LogP) is 3.65. The zero-order valence-corrected chi connectivity index (χ0v) is 14.6. The Balaban J connectivity index is 1.87. The number of rotatable bonds is 4. The van der Waals surface area contributed by atoms with E-state index in [-0.39, 0.29) is 5.75 Å². The molecule has 0 unspecified atom stereocenters. The maximum atomic E-state index is 9.86. The molecule has 0 atom stereocenters. The quantitative estimate of drug-likeness (QED) is 0.401. The predicted molar refractivity (Wildman–Crippen MR) is 101 cm³/mol. The third kappa shape index (κ3) is 4.71. The van der Waals surface area contributed by atoms with Crippen molar-refractivity contribution in [1.29, 1.82) is 0 Å². The molecule has 2 N–H and O–H groups in total. The van der Waals surface area contributed by atoms with Crippen LogP contribution >= 0.6 is 15.9 Å². The summed E-state index contributed by atoms with van der Waals surface area (Å²) in [4.78, 5) is 12.9. The number of nitrogens with one attached hydrogen (secondary N) is 1. The topological polar surface area (TPSA) is 82.8 Å². The molecule has 0 saturated carbocycles. The van der Waals surface area contributed by atoms with E-state index >= 15 is 0 Å². The second-order valence-corrected chi connectivity index (χ2v) is 5.85. The highest BCUT2D eigenvalue weighted by molar-refractivity contribution is 9.10. The van der Waals surface area contributed by atoms with E-state index in [2.05, 4.69) is 41.4 Å². The van der Waals surface area contributed by atoms with Gasteiger partial charge in [-0.2, -0.15) is 5.10 Å². The van der Waals surface area contributed by atoms with E-state index in [4.69, 9.17) is 0 Å². The first-order chi connectivity index (χ1) is 12.2. The van der Waals surface area contributed by atoms with E-state index in [0.29, 0.717) is 22.9 Å². The molecule has 2 aromatic heterocycles. The molecule has 3 aromatic rings. The largest absolute Gasteiger partial charge is 0.507 e. The van der Waals surface area contributed by atoms with E-state index in [9.17, 15) is 5.11 Å². The van der Waals surface area contributed by atoms with Gasteiger partial charge >= 0.3 is 0 Å². The summed E-state index contributed by atoms with van der Waals surface area (Å²) >= 11 is 3.36. The average molecular weight is 396 g/mol. The summed E-state index contributed by atoms with van der Waals surface area (Å²) in [7, 11) is 0. The van der Waals surface area contributed by atoms with Gasteiger partial charge in [0.25, 0.3) is 0 Å². The van der Waals surface area contributed by atoms with Gasteiger partial charge in [-0.15, -0.1) is 0 Å². The van der Waals surface area contributed by atoms with Crippen molar-refractivity contribution in [2.75, 3.05) is 0 Å². The van der Waals surface area contributed by atoms with Crippen LogP contribution in [0.2, 0.25) is 0 Å². The molecule has 0 spiro atoms. The second-order valence-electron chi connectivity index (χ2n) is 4.94. The number of aliphatic imine (C=N–C) groups is 1. The number of hydrogen-bond donors (Lipinski definition) is 2. The summed E-state index contributed by atoms with van der Waals surface area (Å²) in [6.07, 6.45) is 4.85. The number of hydrogen-bond acceptors (Lipinski definition) is 5. The van der Waals surface area contributed by atoms with Gasteiger partial charge in [0.15, 0.2) is 11.7 Å². The van der Waals surface area contributed by atoms with Crippen LogP contribution < -0.4 is 5.43 Å². The Bertz CT molecular complexity index is 898. The third-order valence-corrected chi connectivity index (χ3v) is 3.64. The van der Waals surface area contributed by atoms with Crippen molar-refractivity contribution < 1.29 is 5.11 Å². The molecule has 25 heavy (non-hydrogen) atoms. The smallest absolute Gasteiger partial charge is 0.174 e. The van der Waals surface area contributed by atoms with Gasteiger partial charge in [-0.25, -0.2) is 9.98 Å². The number of nitrogens with zero attached hydrogens (tertiary/aromatic N) is 4. The number of halogens is 1. The fourth-order valence-corrected chi connectivity index (χ4v) is 2.35. The highest BCUT2D eigenvalue weighted by Gasteiger charge is 2.05. The molecule has 0 bridgehead atoms. The van der Waals surface area contributed by atoms with Gasteiger partial charge in [0.1, 0.15) is 11.4 Å². The lowest BCUT2D eigenvalue weighted by molar-refractivity contribution is 0.474. The molecule has 0 aliphatic rings. The van der Waals surface area contributed by atoms with Crippen molar-refractivity contribution in [1.82, 2.24) is 15.4 Å². The maximum absolute atomic E-state index is 9.86. The van der Waals surface area contributed by atoms with Crippen LogP contribution in [0, 0.1) is 0 Å². The number of aromatic nitrogens is 2. The molecule has 124 valence electrons. The Hall–Kier alpha value is -3.06. The van der Waals surface area contributed by atoms with Crippen LogP contribution in [-0.4, -0.2) is 27.1 Å². The van der Waals surface area contributed by atoms with Gasteiger partial charge in [-0.05, 0) is 42.5 Å². The van der Waals surface area contributed by atoms with E-state index in [1.165, 1.54) is 6.21 Å². The van der Waals surface area contributed by atoms with Crippen LogP contribution in [-0.2, 0) is 0 Å². The van der Waals surface area contributed by atoms with Crippen molar-refractivity contribution >= 4 is 33.8 Å². The van der Waals surface area contributed by atoms with Crippen molar-refractivity contribution in [3.63, 3.8) is 0 Å². The SMILES string of the molecule is Oc1ccc(Br)cc1/C=N/NC(=Nc1ccccn1)c1ccccn1. The number of benzene rings is 1. The van der Waals surface area contributed by atoms with Crippen molar-refractivity contribution in [2.45, 2.75) is 0 Å². The highest BCUT2D eigenvalue weighted by atomic mass is 79.9. The molecule has 3 rings (SSSR count). The summed E-state index contributed by atoms with van der Waals surface area (Å²) in [6.45, 7) is 0. The molecule has 2 heterocycles. The van der Waals surface area contributed by atoms with Crippen LogP contribution in [0.4, 0.5) is 5.82 Å². The minimum atomic E-state index is 0.134. The Morgan fingerprint density at radius 2 is 1.84 bits per heavy atom. The fourth-order valence-electron chi connectivity index (χ4n) is 1.97. The zero-order chi connectivity index (χ0) is 17.5. The van der Waals surface area contributed by atoms with E-state index in [0.717, 1.165) is 4.47 Å². The molecule has 0 aliphatic carbocycles. The molecule has 0 aliphatic heterocycles. The molecule has 6 nitrogen and oxygen atoms in total. The number of pyridine rings is 2. The molecule has 0 fully saturated rings. The van der Waals surface area contributed by atoms with Crippen LogP contribution in [0.25, 0.3) is 0 Å². The Morgan fingerprint density at radius 1 is 1.04 bits per heavy atom.